The summed E-state index contributed by atoms with van der Waals surface area (Å²) in [6.45, 7) is 2.17. The van der Waals surface area contributed by atoms with E-state index in [4.69, 9.17) is 9.47 Å². The molecule has 3 rings (SSSR count). The van der Waals surface area contributed by atoms with Gasteiger partial charge in [-0.25, -0.2) is 4.79 Å². The maximum atomic E-state index is 11.9. The summed E-state index contributed by atoms with van der Waals surface area (Å²) in [5.74, 6) is 0. The molecule has 5 heteroatoms. The number of piperidine rings is 2. The van der Waals surface area contributed by atoms with Gasteiger partial charge in [0.2, 0.25) is 0 Å². The predicted molar refractivity (Wildman–Crippen MR) is 55.0 cm³/mol. The van der Waals surface area contributed by atoms with Crippen molar-refractivity contribution in [3.05, 3.63) is 0 Å². The van der Waals surface area contributed by atoms with Crippen LogP contribution in [0.5, 0.6) is 0 Å². The second-order valence-corrected chi connectivity index (χ2v) is 4.76. The average molecular weight is 227 g/mol. The van der Waals surface area contributed by atoms with Gasteiger partial charge in [0.05, 0.1) is 30.9 Å². The monoisotopic (exact) mass is 227 g/mol. The molecule has 3 aliphatic rings. The van der Waals surface area contributed by atoms with E-state index in [0.717, 1.165) is 19.3 Å². The van der Waals surface area contributed by atoms with Gasteiger partial charge in [-0.3, -0.25) is 4.90 Å². The number of aliphatic hydroxyl groups excluding tert-OH is 1. The van der Waals surface area contributed by atoms with E-state index in [0.29, 0.717) is 6.61 Å². The molecule has 0 spiro atoms. The lowest BCUT2D eigenvalue weighted by Crippen LogP contribution is -2.61. The SMILES string of the molecule is CCOC(=O)N1[C@H]2CC[C@@H]3O[C@@H](C[C@@H]31)[C@@H]2O. The topological polar surface area (TPSA) is 59.0 Å². The number of hydrogen-bond donors (Lipinski definition) is 1. The quantitative estimate of drug-likeness (QED) is 0.709. The largest absolute Gasteiger partial charge is 0.450 e. The van der Waals surface area contributed by atoms with Crippen LogP contribution in [0.25, 0.3) is 0 Å². The molecule has 0 unspecified atom stereocenters. The highest BCUT2D eigenvalue weighted by Gasteiger charge is 2.56. The summed E-state index contributed by atoms with van der Waals surface area (Å²) in [7, 11) is 0. The summed E-state index contributed by atoms with van der Waals surface area (Å²) >= 11 is 0. The molecular weight excluding hydrogens is 210 g/mol. The van der Waals surface area contributed by atoms with Gasteiger partial charge in [-0.2, -0.15) is 0 Å². The molecule has 0 aromatic carbocycles. The van der Waals surface area contributed by atoms with Crippen LogP contribution in [-0.4, -0.2) is 53.1 Å². The van der Waals surface area contributed by atoms with Gasteiger partial charge in [-0.15, -0.1) is 0 Å². The zero-order chi connectivity index (χ0) is 11.3. The van der Waals surface area contributed by atoms with E-state index in [-0.39, 0.29) is 30.4 Å². The first-order chi connectivity index (χ1) is 7.72. The third-order valence-electron chi connectivity index (χ3n) is 3.97. The van der Waals surface area contributed by atoms with Crippen molar-refractivity contribution in [3.8, 4) is 0 Å². The van der Waals surface area contributed by atoms with Gasteiger partial charge in [0.15, 0.2) is 0 Å². The highest BCUT2D eigenvalue weighted by Crippen LogP contribution is 2.43. The molecule has 0 radical (unpaired) electrons. The first-order valence-corrected chi connectivity index (χ1v) is 6.01. The minimum absolute atomic E-state index is 0.0758. The van der Waals surface area contributed by atoms with Gasteiger partial charge < -0.3 is 14.6 Å². The summed E-state index contributed by atoms with van der Waals surface area (Å²) in [4.78, 5) is 13.6. The van der Waals surface area contributed by atoms with Crippen LogP contribution in [0, 0.1) is 0 Å². The molecule has 0 aliphatic carbocycles. The molecule has 3 saturated heterocycles. The van der Waals surface area contributed by atoms with Crippen molar-refractivity contribution in [1.82, 2.24) is 4.90 Å². The van der Waals surface area contributed by atoms with Crippen molar-refractivity contribution in [3.63, 3.8) is 0 Å². The highest BCUT2D eigenvalue weighted by atomic mass is 16.6. The Balaban J connectivity index is 1.86. The molecule has 5 nitrogen and oxygen atoms in total. The van der Waals surface area contributed by atoms with Gasteiger partial charge in [-0.1, -0.05) is 0 Å². The van der Waals surface area contributed by atoms with E-state index in [9.17, 15) is 9.90 Å². The minimum Gasteiger partial charge on any atom is -0.450 e. The Kier molecular flexibility index (Phi) is 2.33. The Labute approximate surface area is 94.3 Å². The fourth-order valence-electron chi connectivity index (χ4n) is 3.31. The molecule has 1 N–H and O–H groups in total. The lowest BCUT2D eigenvalue weighted by Gasteiger charge is -2.45. The van der Waals surface area contributed by atoms with Gasteiger partial charge in [-0.05, 0) is 26.2 Å². The van der Waals surface area contributed by atoms with Crippen LogP contribution < -0.4 is 0 Å². The van der Waals surface area contributed by atoms with Crippen molar-refractivity contribution in [2.24, 2.45) is 0 Å². The summed E-state index contributed by atoms with van der Waals surface area (Å²) < 4.78 is 10.8. The number of rotatable bonds is 1. The van der Waals surface area contributed by atoms with Gasteiger partial charge in [0, 0.05) is 0 Å². The Morgan fingerprint density at radius 3 is 3.00 bits per heavy atom. The second kappa shape index (κ2) is 3.60. The van der Waals surface area contributed by atoms with Crippen molar-refractivity contribution in [2.75, 3.05) is 6.61 Å². The molecule has 1 amide bonds. The number of fused-ring (bicyclic) bond motifs is 2. The third-order valence-corrected chi connectivity index (χ3v) is 3.97. The highest BCUT2D eigenvalue weighted by molar-refractivity contribution is 5.69. The Hall–Kier alpha value is -0.810. The Morgan fingerprint density at radius 2 is 2.25 bits per heavy atom. The zero-order valence-electron chi connectivity index (χ0n) is 9.33. The van der Waals surface area contributed by atoms with E-state index >= 15 is 0 Å². The van der Waals surface area contributed by atoms with Gasteiger partial charge in [0.1, 0.15) is 6.10 Å². The third kappa shape index (κ3) is 1.28. The van der Waals surface area contributed by atoms with E-state index in [2.05, 4.69) is 0 Å². The summed E-state index contributed by atoms with van der Waals surface area (Å²) in [6.07, 6.45) is 1.69. The number of ether oxygens (including phenoxy) is 2. The van der Waals surface area contributed by atoms with Crippen molar-refractivity contribution >= 4 is 6.09 Å². The fourth-order valence-corrected chi connectivity index (χ4v) is 3.31. The van der Waals surface area contributed by atoms with E-state index in [1.165, 1.54) is 0 Å². The molecule has 3 aliphatic heterocycles. The summed E-state index contributed by atoms with van der Waals surface area (Å²) in [5, 5.41) is 10.1. The van der Waals surface area contributed by atoms with Crippen LogP contribution in [0.3, 0.4) is 0 Å². The first-order valence-electron chi connectivity index (χ1n) is 6.01. The van der Waals surface area contributed by atoms with E-state index < -0.39 is 6.10 Å². The summed E-state index contributed by atoms with van der Waals surface area (Å²) in [5.41, 5.74) is 0. The molecule has 3 fully saturated rings. The predicted octanol–water partition coefficient (Wildman–Crippen LogP) is 0.508. The Bertz CT molecular complexity index is 308. The average Bonchev–Trinajstić information content (AvgIpc) is 2.59. The molecule has 3 bridgehead atoms. The minimum atomic E-state index is -0.548. The van der Waals surface area contributed by atoms with Gasteiger partial charge >= 0.3 is 6.09 Å². The standard InChI is InChI=1S/C11H17NO4/c1-2-15-11(14)12-6-3-4-8-7(12)5-9(16-8)10(6)13/h6-10,13H,2-5H2,1H3/t6-,7-,8-,9-,10+/m0/s1. The number of nitrogens with zero attached hydrogens (tertiary/aromatic N) is 1. The molecule has 90 valence electrons. The molecule has 16 heavy (non-hydrogen) atoms. The number of aliphatic hydroxyl groups is 1. The van der Waals surface area contributed by atoms with Crippen LogP contribution in [0.2, 0.25) is 0 Å². The molecule has 3 heterocycles. The van der Waals surface area contributed by atoms with Crippen LogP contribution in [-0.2, 0) is 9.47 Å². The zero-order valence-corrected chi connectivity index (χ0v) is 9.33. The van der Waals surface area contributed by atoms with E-state index in [1.807, 2.05) is 0 Å². The second-order valence-electron chi connectivity index (χ2n) is 4.76. The molecule has 0 saturated carbocycles. The van der Waals surface area contributed by atoms with Gasteiger partial charge in [0.25, 0.3) is 0 Å². The Morgan fingerprint density at radius 1 is 1.44 bits per heavy atom. The van der Waals surface area contributed by atoms with Crippen LogP contribution in [0.15, 0.2) is 0 Å². The molecule has 0 aromatic rings. The number of carbonyl (C=O) groups is 1. The van der Waals surface area contributed by atoms with E-state index in [1.54, 1.807) is 11.8 Å². The number of carbonyl (C=O) groups excluding carboxylic acids is 1. The summed E-state index contributed by atoms with van der Waals surface area (Å²) in [6, 6.07) is 0.00718. The number of hydrogen-bond acceptors (Lipinski definition) is 4. The normalized spacial score (nSPS) is 44.9. The fraction of sp³-hybridized carbons (Fsp3) is 0.909. The molecule has 5 atom stereocenters. The van der Waals surface area contributed by atoms with Crippen LogP contribution >= 0.6 is 0 Å². The lowest BCUT2D eigenvalue weighted by atomic mass is 9.83. The number of amides is 1. The van der Waals surface area contributed by atoms with Crippen molar-refractivity contribution in [1.29, 1.82) is 0 Å². The molecular formula is C11H17NO4. The van der Waals surface area contributed by atoms with Crippen LogP contribution in [0.1, 0.15) is 26.2 Å². The van der Waals surface area contributed by atoms with Crippen LogP contribution in [0.4, 0.5) is 4.79 Å². The smallest absolute Gasteiger partial charge is 0.410 e. The van der Waals surface area contributed by atoms with Crippen molar-refractivity contribution in [2.45, 2.75) is 56.6 Å². The maximum absolute atomic E-state index is 11.9. The van der Waals surface area contributed by atoms with Crippen molar-refractivity contribution < 1.29 is 19.4 Å². The first kappa shape index (κ1) is 10.4. The lowest BCUT2D eigenvalue weighted by molar-refractivity contribution is -0.0442. The molecule has 0 aromatic heterocycles. The maximum Gasteiger partial charge on any atom is 0.410 e.